The Bertz CT molecular complexity index is 375. The Hall–Kier alpha value is -0.960. The molecule has 0 aliphatic rings. The minimum absolute atomic E-state index is 0.993. The van der Waals surface area contributed by atoms with Crippen molar-refractivity contribution in [1.82, 2.24) is 9.97 Å². The fourth-order valence-electron chi connectivity index (χ4n) is 1.27. The number of nitrogens with one attached hydrogen (secondary N) is 1. The predicted molar refractivity (Wildman–Crippen MR) is 61.4 cm³/mol. The second kappa shape index (κ2) is 4.51. The zero-order valence-corrected chi connectivity index (χ0v) is 8.81. The normalized spacial score (nSPS) is 10.9. The van der Waals surface area contributed by atoms with Gasteiger partial charge in [-0.25, -0.2) is 4.98 Å². The number of fused-ring (bicyclic) bond motifs is 1. The molecule has 0 bridgehead atoms. The summed E-state index contributed by atoms with van der Waals surface area (Å²) < 4.78 is 0. The Morgan fingerprint density at radius 2 is 2.21 bits per heavy atom. The number of aromatic amines is 1. The highest BCUT2D eigenvalue weighted by atomic mass is 32.2. The first kappa shape index (κ1) is 9.59. The molecule has 1 aromatic heterocycles. The van der Waals surface area contributed by atoms with Gasteiger partial charge in [0.1, 0.15) is 0 Å². The Morgan fingerprint density at radius 3 is 3.00 bits per heavy atom. The van der Waals surface area contributed by atoms with Crippen molar-refractivity contribution in [3.8, 4) is 0 Å². The molecule has 1 aromatic carbocycles. The topological polar surface area (TPSA) is 28.7 Å². The molecule has 0 saturated carbocycles. The summed E-state index contributed by atoms with van der Waals surface area (Å²) in [6.07, 6.45) is 2.13. The molecule has 73 valence electrons. The first-order valence-electron chi connectivity index (χ1n) is 4.77. The molecular formula is C11H13N2S. The third-order valence-electron chi connectivity index (χ3n) is 2.00. The van der Waals surface area contributed by atoms with Crippen LogP contribution in [0.15, 0.2) is 29.4 Å². The van der Waals surface area contributed by atoms with Crippen LogP contribution in [0.5, 0.6) is 0 Å². The molecular weight excluding hydrogens is 192 g/mol. The average molecular weight is 205 g/mol. The number of rotatable bonds is 4. The van der Waals surface area contributed by atoms with Crippen LogP contribution in [0.25, 0.3) is 11.0 Å². The quantitative estimate of drug-likeness (QED) is 0.613. The zero-order chi connectivity index (χ0) is 9.80. The van der Waals surface area contributed by atoms with Gasteiger partial charge in [-0.05, 0) is 18.6 Å². The molecule has 0 fully saturated rings. The first-order valence-corrected chi connectivity index (χ1v) is 5.75. The van der Waals surface area contributed by atoms with Gasteiger partial charge in [-0.2, -0.15) is 0 Å². The SMILES string of the molecule is [CH2]CCCSc1nc2ccccc2[nH]1. The average Bonchev–Trinajstić information content (AvgIpc) is 2.60. The summed E-state index contributed by atoms with van der Waals surface area (Å²) in [4.78, 5) is 7.76. The Morgan fingerprint density at radius 1 is 1.36 bits per heavy atom. The molecule has 2 nitrogen and oxygen atoms in total. The lowest BCUT2D eigenvalue weighted by molar-refractivity contribution is 0.961. The summed E-state index contributed by atoms with van der Waals surface area (Å²) in [7, 11) is 0. The number of aromatic nitrogens is 2. The molecule has 0 atom stereocenters. The van der Waals surface area contributed by atoms with Crippen LogP contribution in [-0.4, -0.2) is 15.7 Å². The summed E-state index contributed by atoms with van der Waals surface area (Å²) in [6, 6.07) is 8.10. The highest BCUT2D eigenvalue weighted by Gasteiger charge is 2.00. The molecule has 1 N–H and O–H groups in total. The van der Waals surface area contributed by atoms with E-state index in [-0.39, 0.29) is 0 Å². The Balaban J connectivity index is 2.11. The molecule has 0 aliphatic heterocycles. The molecule has 1 heterocycles. The van der Waals surface area contributed by atoms with Crippen molar-refractivity contribution in [2.45, 2.75) is 18.0 Å². The number of benzene rings is 1. The van der Waals surface area contributed by atoms with Gasteiger partial charge in [-0.15, -0.1) is 0 Å². The summed E-state index contributed by atoms with van der Waals surface area (Å²) in [5.74, 6) is 1.09. The predicted octanol–water partition coefficient (Wildman–Crippen LogP) is 3.27. The van der Waals surface area contributed by atoms with Crippen molar-refractivity contribution in [1.29, 1.82) is 0 Å². The summed E-state index contributed by atoms with van der Waals surface area (Å²) >= 11 is 1.76. The number of unbranched alkanes of at least 4 members (excludes halogenated alkanes) is 1. The van der Waals surface area contributed by atoms with Gasteiger partial charge in [0.25, 0.3) is 0 Å². The molecule has 1 radical (unpaired) electrons. The van der Waals surface area contributed by atoms with E-state index in [0.29, 0.717) is 0 Å². The van der Waals surface area contributed by atoms with Crippen LogP contribution in [-0.2, 0) is 0 Å². The fourth-order valence-corrected chi connectivity index (χ4v) is 2.16. The third-order valence-corrected chi connectivity index (χ3v) is 2.96. The maximum absolute atomic E-state index is 4.47. The van der Waals surface area contributed by atoms with Crippen LogP contribution >= 0.6 is 11.8 Å². The molecule has 14 heavy (non-hydrogen) atoms. The van der Waals surface area contributed by atoms with E-state index in [2.05, 4.69) is 16.9 Å². The van der Waals surface area contributed by atoms with Gasteiger partial charge in [0.2, 0.25) is 0 Å². The fraction of sp³-hybridized carbons (Fsp3) is 0.273. The minimum Gasteiger partial charge on any atom is -0.333 e. The third kappa shape index (κ3) is 2.10. The van der Waals surface area contributed by atoms with E-state index in [0.717, 1.165) is 34.8 Å². The second-order valence-electron chi connectivity index (χ2n) is 3.11. The van der Waals surface area contributed by atoms with Crippen LogP contribution in [0, 0.1) is 6.92 Å². The van der Waals surface area contributed by atoms with Crippen LogP contribution in [0.3, 0.4) is 0 Å². The number of H-pyrrole nitrogens is 1. The maximum Gasteiger partial charge on any atom is 0.166 e. The number of para-hydroxylation sites is 2. The van der Waals surface area contributed by atoms with E-state index >= 15 is 0 Å². The van der Waals surface area contributed by atoms with Crippen molar-refractivity contribution in [3.05, 3.63) is 31.2 Å². The van der Waals surface area contributed by atoms with Crippen LogP contribution in [0.4, 0.5) is 0 Å². The van der Waals surface area contributed by atoms with Crippen molar-refractivity contribution in [2.75, 3.05) is 5.75 Å². The summed E-state index contributed by atoms with van der Waals surface area (Å²) in [5, 5.41) is 1.01. The molecule has 0 spiro atoms. The lowest BCUT2D eigenvalue weighted by Crippen LogP contribution is -1.79. The van der Waals surface area contributed by atoms with Crippen molar-refractivity contribution in [3.63, 3.8) is 0 Å². The van der Waals surface area contributed by atoms with E-state index in [1.165, 1.54) is 0 Å². The Labute approximate surface area is 88.1 Å². The van der Waals surface area contributed by atoms with Gasteiger partial charge in [-0.1, -0.05) is 37.2 Å². The largest absolute Gasteiger partial charge is 0.333 e. The second-order valence-corrected chi connectivity index (χ2v) is 4.20. The summed E-state index contributed by atoms with van der Waals surface area (Å²) in [6.45, 7) is 3.82. The molecule has 0 saturated heterocycles. The van der Waals surface area contributed by atoms with Gasteiger partial charge < -0.3 is 4.98 Å². The standard InChI is InChI=1S/C11H13N2S/c1-2-3-8-14-11-12-9-6-4-5-7-10(9)13-11/h4-7H,1-3,8H2,(H,12,13). The van der Waals surface area contributed by atoms with Crippen molar-refractivity contribution < 1.29 is 0 Å². The van der Waals surface area contributed by atoms with Gasteiger partial charge in [-0.3, -0.25) is 0 Å². The molecule has 0 amide bonds. The van der Waals surface area contributed by atoms with Crippen molar-refractivity contribution >= 4 is 22.8 Å². The van der Waals surface area contributed by atoms with Crippen molar-refractivity contribution in [2.24, 2.45) is 0 Å². The Kier molecular flexibility index (Phi) is 3.09. The van der Waals surface area contributed by atoms with Gasteiger partial charge in [0.05, 0.1) is 11.0 Å². The first-order chi connectivity index (χ1) is 6.90. The van der Waals surface area contributed by atoms with Gasteiger partial charge >= 0.3 is 0 Å². The maximum atomic E-state index is 4.47. The summed E-state index contributed by atoms with van der Waals surface area (Å²) in [5.41, 5.74) is 2.16. The lowest BCUT2D eigenvalue weighted by atomic mass is 10.3. The monoisotopic (exact) mass is 205 g/mol. The number of hydrogen-bond acceptors (Lipinski definition) is 2. The number of nitrogens with zero attached hydrogens (tertiary/aromatic N) is 1. The molecule has 0 aliphatic carbocycles. The van der Waals surface area contributed by atoms with E-state index in [4.69, 9.17) is 0 Å². The lowest BCUT2D eigenvalue weighted by Gasteiger charge is -1.93. The number of thioether (sulfide) groups is 1. The van der Waals surface area contributed by atoms with Gasteiger partial charge in [0, 0.05) is 5.75 Å². The number of imidazole rings is 1. The highest BCUT2D eigenvalue weighted by Crippen LogP contribution is 2.19. The molecule has 2 aromatic rings. The highest BCUT2D eigenvalue weighted by molar-refractivity contribution is 7.99. The van der Waals surface area contributed by atoms with Crippen LogP contribution in [0.1, 0.15) is 12.8 Å². The van der Waals surface area contributed by atoms with Crippen LogP contribution in [0.2, 0.25) is 0 Å². The smallest absolute Gasteiger partial charge is 0.166 e. The molecule has 0 unspecified atom stereocenters. The van der Waals surface area contributed by atoms with Crippen LogP contribution < -0.4 is 0 Å². The van der Waals surface area contributed by atoms with E-state index in [1.807, 2.05) is 24.3 Å². The zero-order valence-electron chi connectivity index (χ0n) is 7.99. The minimum atomic E-state index is 0.993. The van der Waals surface area contributed by atoms with E-state index < -0.39 is 0 Å². The molecule has 3 heteroatoms. The molecule has 2 rings (SSSR count). The van der Waals surface area contributed by atoms with E-state index in [9.17, 15) is 0 Å². The van der Waals surface area contributed by atoms with E-state index in [1.54, 1.807) is 11.8 Å². The van der Waals surface area contributed by atoms with Gasteiger partial charge in [0.15, 0.2) is 5.16 Å². The number of hydrogen-bond donors (Lipinski definition) is 1.